The van der Waals surface area contributed by atoms with Gasteiger partial charge in [-0.1, -0.05) is 36.4 Å². The molecule has 1 heterocycles. The molecule has 0 aliphatic carbocycles. The molecule has 29 heavy (non-hydrogen) atoms. The van der Waals surface area contributed by atoms with Gasteiger partial charge in [-0.05, 0) is 31.2 Å². The Morgan fingerprint density at radius 3 is 2.17 bits per heavy atom. The van der Waals surface area contributed by atoms with Crippen LogP contribution >= 0.6 is 24.0 Å². The minimum atomic E-state index is -0.0581. The molecule has 2 N–H and O–H groups in total. The van der Waals surface area contributed by atoms with Gasteiger partial charge in [-0.15, -0.1) is 24.0 Å². The summed E-state index contributed by atoms with van der Waals surface area (Å²) < 4.78 is 0. The maximum atomic E-state index is 12.1. The first kappa shape index (κ1) is 23.0. The molecule has 0 bridgehead atoms. The number of hydrogen-bond acceptors (Lipinski definition) is 3. The second kappa shape index (κ2) is 12.3. The zero-order valence-electron chi connectivity index (χ0n) is 16.9. The fourth-order valence-electron chi connectivity index (χ4n) is 3.26. The molecule has 1 aliphatic heterocycles. The minimum Gasteiger partial charge on any atom is -0.368 e. The number of aliphatic imine (C=N–C) groups is 1. The maximum absolute atomic E-state index is 12.1. The molecule has 0 spiro atoms. The van der Waals surface area contributed by atoms with Crippen LogP contribution in [0, 0.1) is 0 Å². The number of guanidine groups is 1. The van der Waals surface area contributed by atoms with Crippen LogP contribution in [0.4, 0.5) is 5.69 Å². The Hall–Kier alpha value is -2.29. The molecule has 2 aromatic rings. The second-order valence-electron chi connectivity index (χ2n) is 6.67. The van der Waals surface area contributed by atoms with E-state index in [4.69, 9.17) is 4.99 Å². The largest absolute Gasteiger partial charge is 0.368 e. The number of carbonyl (C=O) groups is 1. The summed E-state index contributed by atoms with van der Waals surface area (Å²) in [5, 5.41) is 6.30. The van der Waals surface area contributed by atoms with Crippen molar-refractivity contribution >= 4 is 41.5 Å². The highest BCUT2D eigenvalue weighted by molar-refractivity contribution is 14.0. The smallest absolute Gasteiger partial charge is 0.251 e. The molecule has 6 nitrogen and oxygen atoms in total. The number of carbonyl (C=O) groups excluding carboxylic acids is 1. The van der Waals surface area contributed by atoms with Crippen LogP contribution in [0.25, 0.3) is 0 Å². The Labute approximate surface area is 190 Å². The molecule has 0 radical (unpaired) electrons. The van der Waals surface area contributed by atoms with E-state index in [1.807, 2.05) is 36.4 Å². The predicted octanol–water partition coefficient (Wildman–Crippen LogP) is 2.82. The topological polar surface area (TPSA) is 60.0 Å². The van der Waals surface area contributed by atoms with E-state index in [2.05, 4.69) is 51.6 Å². The van der Waals surface area contributed by atoms with Crippen LogP contribution in [0.15, 0.2) is 65.7 Å². The first-order valence-corrected chi connectivity index (χ1v) is 9.94. The van der Waals surface area contributed by atoms with Gasteiger partial charge in [-0.25, -0.2) is 0 Å². The average molecular weight is 507 g/mol. The van der Waals surface area contributed by atoms with E-state index in [0.717, 1.165) is 38.7 Å². The molecule has 0 atom stereocenters. The zero-order valence-corrected chi connectivity index (χ0v) is 19.2. The highest BCUT2D eigenvalue weighted by Gasteiger charge is 2.19. The predicted molar refractivity (Wildman–Crippen MR) is 130 cm³/mol. The van der Waals surface area contributed by atoms with Gasteiger partial charge in [0.2, 0.25) is 0 Å². The summed E-state index contributed by atoms with van der Waals surface area (Å²) in [6, 6.07) is 19.8. The maximum Gasteiger partial charge on any atom is 0.251 e. The molecule has 2 aromatic carbocycles. The Kier molecular flexibility index (Phi) is 9.76. The monoisotopic (exact) mass is 507 g/mol. The highest BCUT2D eigenvalue weighted by Crippen LogP contribution is 2.15. The lowest BCUT2D eigenvalue weighted by Crippen LogP contribution is -2.52. The SMILES string of the molecule is CCNC(=NCCNC(=O)c1ccccc1)N1CCN(c2ccccc2)CC1.I. The van der Waals surface area contributed by atoms with E-state index >= 15 is 0 Å². The quantitative estimate of drug-likeness (QED) is 0.273. The summed E-state index contributed by atoms with van der Waals surface area (Å²) >= 11 is 0. The molecule has 0 saturated carbocycles. The Bertz CT molecular complexity index is 761. The van der Waals surface area contributed by atoms with Crippen LogP contribution in [0.3, 0.4) is 0 Å². The van der Waals surface area contributed by atoms with Gasteiger partial charge in [0.05, 0.1) is 6.54 Å². The van der Waals surface area contributed by atoms with Crippen molar-refractivity contribution in [1.29, 1.82) is 0 Å². The number of amides is 1. The Balaban J connectivity index is 0.00000300. The molecular weight excluding hydrogens is 477 g/mol. The van der Waals surface area contributed by atoms with E-state index in [0.29, 0.717) is 18.7 Å². The van der Waals surface area contributed by atoms with Gasteiger partial charge in [0.1, 0.15) is 0 Å². The average Bonchev–Trinajstić information content (AvgIpc) is 2.77. The Morgan fingerprint density at radius 1 is 0.931 bits per heavy atom. The molecule has 1 aliphatic rings. The third kappa shape index (κ3) is 6.92. The van der Waals surface area contributed by atoms with E-state index in [-0.39, 0.29) is 29.9 Å². The van der Waals surface area contributed by atoms with Crippen molar-refractivity contribution < 1.29 is 4.79 Å². The van der Waals surface area contributed by atoms with Crippen molar-refractivity contribution in [2.24, 2.45) is 4.99 Å². The van der Waals surface area contributed by atoms with Gasteiger partial charge >= 0.3 is 0 Å². The normalized spacial score (nSPS) is 14.2. The van der Waals surface area contributed by atoms with Gasteiger partial charge in [0.15, 0.2) is 5.96 Å². The van der Waals surface area contributed by atoms with Crippen LogP contribution in [0.1, 0.15) is 17.3 Å². The van der Waals surface area contributed by atoms with Crippen molar-refractivity contribution in [2.45, 2.75) is 6.92 Å². The molecule has 7 heteroatoms. The first-order valence-electron chi connectivity index (χ1n) is 9.94. The van der Waals surface area contributed by atoms with Crippen LogP contribution in [0.5, 0.6) is 0 Å². The third-order valence-electron chi connectivity index (χ3n) is 4.73. The van der Waals surface area contributed by atoms with Gasteiger partial charge in [-0.3, -0.25) is 9.79 Å². The van der Waals surface area contributed by atoms with Gasteiger partial charge in [0.25, 0.3) is 5.91 Å². The number of halogens is 1. The van der Waals surface area contributed by atoms with Crippen LogP contribution in [-0.2, 0) is 0 Å². The lowest BCUT2D eigenvalue weighted by molar-refractivity contribution is 0.0955. The molecule has 1 saturated heterocycles. The summed E-state index contributed by atoms with van der Waals surface area (Å²) in [6.07, 6.45) is 0. The number of hydrogen-bond donors (Lipinski definition) is 2. The minimum absolute atomic E-state index is 0. The number of nitrogens with one attached hydrogen (secondary N) is 2. The van der Waals surface area contributed by atoms with E-state index in [1.54, 1.807) is 0 Å². The van der Waals surface area contributed by atoms with Crippen molar-refractivity contribution in [2.75, 3.05) is 50.7 Å². The lowest BCUT2D eigenvalue weighted by atomic mass is 10.2. The summed E-state index contributed by atoms with van der Waals surface area (Å²) in [7, 11) is 0. The van der Waals surface area contributed by atoms with Crippen molar-refractivity contribution in [1.82, 2.24) is 15.5 Å². The fraction of sp³-hybridized carbons (Fsp3) is 0.364. The number of benzene rings is 2. The molecule has 1 amide bonds. The summed E-state index contributed by atoms with van der Waals surface area (Å²) in [5.74, 6) is 0.862. The van der Waals surface area contributed by atoms with Crippen LogP contribution in [0.2, 0.25) is 0 Å². The molecule has 156 valence electrons. The number of anilines is 1. The summed E-state index contributed by atoms with van der Waals surface area (Å²) in [5.41, 5.74) is 1.95. The molecule has 0 aromatic heterocycles. The highest BCUT2D eigenvalue weighted by atomic mass is 127. The van der Waals surface area contributed by atoms with E-state index in [1.165, 1.54) is 5.69 Å². The van der Waals surface area contributed by atoms with Gasteiger partial charge < -0.3 is 20.4 Å². The van der Waals surface area contributed by atoms with Crippen molar-refractivity contribution in [3.63, 3.8) is 0 Å². The number of piperazine rings is 1. The second-order valence-corrected chi connectivity index (χ2v) is 6.67. The molecule has 1 fully saturated rings. The number of nitrogens with zero attached hydrogens (tertiary/aromatic N) is 3. The molecular formula is C22H30IN5O. The zero-order chi connectivity index (χ0) is 19.6. The van der Waals surface area contributed by atoms with E-state index in [9.17, 15) is 4.79 Å². The molecule has 0 unspecified atom stereocenters. The van der Waals surface area contributed by atoms with E-state index < -0.39 is 0 Å². The van der Waals surface area contributed by atoms with Crippen molar-refractivity contribution in [3.05, 3.63) is 66.2 Å². The van der Waals surface area contributed by atoms with Crippen LogP contribution < -0.4 is 15.5 Å². The van der Waals surface area contributed by atoms with Crippen molar-refractivity contribution in [3.8, 4) is 0 Å². The van der Waals surface area contributed by atoms with Gasteiger partial charge in [0, 0.05) is 50.5 Å². The Morgan fingerprint density at radius 2 is 1.55 bits per heavy atom. The first-order chi connectivity index (χ1) is 13.8. The number of rotatable bonds is 6. The third-order valence-corrected chi connectivity index (χ3v) is 4.73. The standard InChI is InChI=1S/C22H29N5O.HI/c1-2-23-22(25-14-13-24-21(28)19-9-5-3-6-10-19)27-17-15-26(16-18-27)20-11-7-4-8-12-20;/h3-12H,2,13-18H2,1H3,(H,23,25)(H,24,28);1H. The molecule has 3 rings (SSSR count). The summed E-state index contributed by atoms with van der Waals surface area (Å²) in [6.45, 7) is 7.78. The lowest BCUT2D eigenvalue weighted by Gasteiger charge is -2.37. The van der Waals surface area contributed by atoms with Gasteiger partial charge in [-0.2, -0.15) is 0 Å². The number of para-hydroxylation sites is 1. The van der Waals surface area contributed by atoms with Crippen LogP contribution in [-0.4, -0.2) is 62.6 Å². The fourth-order valence-corrected chi connectivity index (χ4v) is 3.26. The summed E-state index contributed by atoms with van der Waals surface area (Å²) in [4.78, 5) is 21.5.